The number of likely N-dealkylation sites (N-methyl/N-ethyl adjacent to an activating group) is 1. The summed E-state index contributed by atoms with van der Waals surface area (Å²) in [7, 11) is 1.62. The fraction of sp³-hybridized carbons (Fsp3) is 0.579. The van der Waals surface area contributed by atoms with Gasteiger partial charge >= 0.3 is 11.8 Å². The number of carbonyl (C=O) groups is 2. The largest absolute Gasteiger partial charge is 0.393 e. The van der Waals surface area contributed by atoms with E-state index in [9.17, 15) is 14.7 Å². The molecule has 2 rings (SSSR count). The minimum Gasteiger partial charge on any atom is -0.393 e. The number of aryl methyl sites for hydroxylation is 3. The zero-order valence-electron chi connectivity index (χ0n) is 15.1. The van der Waals surface area contributed by atoms with E-state index < -0.39 is 11.8 Å². The van der Waals surface area contributed by atoms with Crippen LogP contribution in [0.4, 0.5) is 5.69 Å². The average molecular weight is 332 g/mol. The van der Waals surface area contributed by atoms with Crippen LogP contribution in [0, 0.1) is 26.7 Å². The highest BCUT2D eigenvalue weighted by molar-refractivity contribution is 6.39. The Labute approximate surface area is 144 Å². The van der Waals surface area contributed by atoms with E-state index in [-0.39, 0.29) is 12.0 Å². The van der Waals surface area contributed by atoms with Crippen molar-refractivity contribution in [2.45, 2.75) is 52.6 Å². The fourth-order valence-electron chi connectivity index (χ4n) is 3.55. The normalized spacial score (nSPS) is 20.5. The molecule has 1 saturated carbocycles. The first-order valence-electron chi connectivity index (χ1n) is 8.62. The van der Waals surface area contributed by atoms with Crippen molar-refractivity contribution in [2.24, 2.45) is 5.92 Å². The predicted octanol–water partition coefficient (Wildman–Crippen LogP) is 2.56. The molecule has 0 aromatic heterocycles. The molecule has 2 N–H and O–H groups in total. The number of rotatable bonds is 3. The Morgan fingerprint density at radius 3 is 2.33 bits per heavy atom. The first-order chi connectivity index (χ1) is 11.3. The van der Waals surface area contributed by atoms with Crippen LogP contribution in [0.15, 0.2) is 12.1 Å². The van der Waals surface area contributed by atoms with Gasteiger partial charge in [-0.2, -0.15) is 0 Å². The van der Waals surface area contributed by atoms with Gasteiger partial charge in [-0.3, -0.25) is 9.59 Å². The molecule has 1 aromatic rings. The van der Waals surface area contributed by atoms with E-state index in [4.69, 9.17) is 0 Å². The second-order valence-corrected chi connectivity index (χ2v) is 7.03. The van der Waals surface area contributed by atoms with E-state index in [2.05, 4.69) is 5.32 Å². The number of benzene rings is 1. The molecule has 1 aliphatic carbocycles. The van der Waals surface area contributed by atoms with Gasteiger partial charge in [0.1, 0.15) is 0 Å². The lowest BCUT2D eigenvalue weighted by Crippen LogP contribution is -2.42. The first kappa shape index (κ1) is 18.5. The van der Waals surface area contributed by atoms with E-state index in [1.165, 1.54) is 4.90 Å². The Hall–Kier alpha value is -1.88. The fourth-order valence-corrected chi connectivity index (χ4v) is 3.55. The van der Waals surface area contributed by atoms with Crippen LogP contribution in [0.5, 0.6) is 0 Å². The summed E-state index contributed by atoms with van der Waals surface area (Å²) in [4.78, 5) is 26.1. The second kappa shape index (κ2) is 7.79. The summed E-state index contributed by atoms with van der Waals surface area (Å²) < 4.78 is 0. The predicted molar refractivity (Wildman–Crippen MR) is 94.9 cm³/mol. The lowest BCUT2D eigenvalue weighted by molar-refractivity contribution is -0.143. The molecule has 0 aliphatic heterocycles. The third-order valence-corrected chi connectivity index (χ3v) is 4.83. The number of nitrogens with one attached hydrogen (secondary N) is 1. The Morgan fingerprint density at radius 1 is 1.17 bits per heavy atom. The third-order valence-electron chi connectivity index (χ3n) is 4.83. The van der Waals surface area contributed by atoms with Crippen LogP contribution in [0.25, 0.3) is 0 Å². The number of anilines is 1. The highest BCUT2D eigenvalue weighted by Crippen LogP contribution is 2.25. The van der Waals surface area contributed by atoms with Gasteiger partial charge in [-0.15, -0.1) is 0 Å². The maximum Gasteiger partial charge on any atom is 0.313 e. The zero-order valence-corrected chi connectivity index (χ0v) is 15.1. The number of aliphatic hydroxyl groups is 1. The number of hydrogen-bond acceptors (Lipinski definition) is 3. The third kappa shape index (κ3) is 4.35. The molecule has 0 spiro atoms. The maximum atomic E-state index is 12.3. The SMILES string of the molecule is Cc1cc(C)c(NC(=O)C(=O)N(C)CC2CCCCC2O)c(C)c1. The molecule has 5 nitrogen and oxygen atoms in total. The molecule has 0 heterocycles. The minimum absolute atomic E-state index is 0.0587. The van der Waals surface area contributed by atoms with Gasteiger partial charge in [0.05, 0.1) is 6.10 Å². The molecule has 2 unspecified atom stereocenters. The van der Waals surface area contributed by atoms with E-state index in [1.54, 1.807) is 7.05 Å². The van der Waals surface area contributed by atoms with Gasteiger partial charge in [-0.05, 0) is 44.7 Å². The van der Waals surface area contributed by atoms with Crippen molar-refractivity contribution in [3.05, 3.63) is 28.8 Å². The van der Waals surface area contributed by atoms with Gasteiger partial charge in [0.15, 0.2) is 0 Å². The summed E-state index contributed by atoms with van der Waals surface area (Å²) in [5.74, 6) is -1.13. The van der Waals surface area contributed by atoms with Gasteiger partial charge in [0, 0.05) is 25.2 Å². The van der Waals surface area contributed by atoms with Crippen molar-refractivity contribution in [2.75, 3.05) is 18.9 Å². The molecule has 1 aromatic carbocycles. The van der Waals surface area contributed by atoms with Gasteiger partial charge in [-0.1, -0.05) is 30.5 Å². The number of carbonyl (C=O) groups excluding carboxylic acids is 2. The van der Waals surface area contributed by atoms with Crippen LogP contribution in [0.1, 0.15) is 42.4 Å². The number of hydrogen-bond donors (Lipinski definition) is 2. The highest BCUT2D eigenvalue weighted by atomic mass is 16.3. The molecule has 0 radical (unpaired) electrons. The van der Waals surface area contributed by atoms with Gasteiger partial charge in [-0.25, -0.2) is 0 Å². The minimum atomic E-state index is -0.627. The topological polar surface area (TPSA) is 69.6 Å². The van der Waals surface area contributed by atoms with E-state index in [0.29, 0.717) is 12.2 Å². The standard InChI is InChI=1S/C19H28N2O3/c1-12-9-13(2)17(14(3)10-12)20-18(23)19(24)21(4)11-15-7-5-6-8-16(15)22/h9-10,15-16,22H,5-8,11H2,1-4H3,(H,20,23). The molecule has 2 atom stereocenters. The number of nitrogens with zero attached hydrogens (tertiary/aromatic N) is 1. The van der Waals surface area contributed by atoms with Crippen molar-refractivity contribution in [3.8, 4) is 0 Å². The van der Waals surface area contributed by atoms with Gasteiger partial charge in [0.2, 0.25) is 0 Å². The molecule has 0 saturated heterocycles. The van der Waals surface area contributed by atoms with E-state index in [0.717, 1.165) is 42.4 Å². The second-order valence-electron chi connectivity index (χ2n) is 7.03. The van der Waals surface area contributed by atoms with Crippen LogP contribution in [-0.4, -0.2) is 41.5 Å². The first-order valence-corrected chi connectivity index (χ1v) is 8.62. The van der Waals surface area contributed by atoms with Crippen LogP contribution < -0.4 is 5.32 Å². The monoisotopic (exact) mass is 332 g/mol. The molecule has 5 heteroatoms. The van der Waals surface area contributed by atoms with Crippen molar-refractivity contribution >= 4 is 17.5 Å². The van der Waals surface area contributed by atoms with Crippen molar-refractivity contribution in [1.29, 1.82) is 0 Å². The molecule has 24 heavy (non-hydrogen) atoms. The van der Waals surface area contributed by atoms with E-state index in [1.807, 2.05) is 32.9 Å². The Bertz CT molecular complexity index is 604. The lowest BCUT2D eigenvalue weighted by Gasteiger charge is -2.31. The van der Waals surface area contributed by atoms with Gasteiger partial charge in [0.25, 0.3) is 0 Å². The molecule has 132 valence electrons. The molecule has 0 bridgehead atoms. The van der Waals surface area contributed by atoms with Crippen LogP contribution >= 0.6 is 0 Å². The van der Waals surface area contributed by atoms with Crippen LogP contribution in [-0.2, 0) is 9.59 Å². The highest BCUT2D eigenvalue weighted by Gasteiger charge is 2.28. The Morgan fingerprint density at radius 2 is 1.75 bits per heavy atom. The number of aliphatic hydroxyl groups excluding tert-OH is 1. The molecular formula is C19H28N2O3. The summed E-state index contributed by atoms with van der Waals surface area (Å²) in [5.41, 5.74) is 3.71. The van der Waals surface area contributed by atoms with Crippen molar-refractivity contribution in [3.63, 3.8) is 0 Å². The number of amides is 2. The van der Waals surface area contributed by atoms with Gasteiger partial charge < -0.3 is 15.3 Å². The molecule has 1 fully saturated rings. The summed E-state index contributed by atoms with van der Waals surface area (Å²) in [6.45, 7) is 6.25. The smallest absolute Gasteiger partial charge is 0.313 e. The Kier molecular flexibility index (Phi) is 5.99. The summed E-state index contributed by atoms with van der Waals surface area (Å²) in [5, 5.41) is 12.8. The summed E-state index contributed by atoms with van der Waals surface area (Å²) in [6.07, 6.45) is 3.40. The average Bonchev–Trinajstić information content (AvgIpc) is 2.52. The van der Waals surface area contributed by atoms with Crippen LogP contribution in [0.2, 0.25) is 0 Å². The van der Waals surface area contributed by atoms with Crippen molar-refractivity contribution in [1.82, 2.24) is 4.90 Å². The molecular weight excluding hydrogens is 304 g/mol. The van der Waals surface area contributed by atoms with Crippen LogP contribution in [0.3, 0.4) is 0 Å². The maximum absolute atomic E-state index is 12.3. The van der Waals surface area contributed by atoms with Crippen molar-refractivity contribution < 1.29 is 14.7 Å². The summed E-state index contributed by atoms with van der Waals surface area (Å²) >= 11 is 0. The molecule has 2 amide bonds. The molecule has 1 aliphatic rings. The zero-order chi connectivity index (χ0) is 17.9. The quantitative estimate of drug-likeness (QED) is 0.836. The Balaban J connectivity index is 2.00. The summed E-state index contributed by atoms with van der Waals surface area (Å²) in [6, 6.07) is 3.96. The lowest BCUT2D eigenvalue weighted by atomic mass is 9.86. The van der Waals surface area contributed by atoms with E-state index >= 15 is 0 Å².